The van der Waals surface area contributed by atoms with E-state index in [1.54, 1.807) is 11.2 Å². The molecule has 0 radical (unpaired) electrons. The number of carbonyl (C=O) groups excluding carboxylic acids is 1. The smallest absolute Gasteiger partial charge is 0.415 e. The zero-order chi connectivity index (χ0) is 18.1. The van der Waals surface area contributed by atoms with Crippen LogP contribution in [0.15, 0.2) is 48.8 Å². The minimum absolute atomic E-state index is 0.135. The molecule has 1 atom stereocenters. The van der Waals surface area contributed by atoms with Crippen molar-refractivity contribution in [2.45, 2.75) is 19.9 Å². The average molecular weight is 350 g/mol. The zero-order valence-corrected chi connectivity index (χ0v) is 15.0. The first-order valence-corrected chi connectivity index (χ1v) is 8.95. The van der Waals surface area contributed by atoms with E-state index >= 15 is 0 Å². The van der Waals surface area contributed by atoms with Gasteiger partial charge in [-0.2, -0.15) is 0 Å². The van der Waals surface area contributed by atoms with Gasteiger partial charge in [0.15, 0.2) is 0 Å². The molecular formula is C20H22N4O2. The van der Waals surface area contributed by atoms with E-state index in [1.165, 1.54) is 5.69 Å². The van der Waals surface area contributed by atoms with E-state index in [9.17, 15) is 4.79 Å². The van der Waals surface area contributed by atoms with Crippen LogP contribution in [-0.4, -0.2) is 35.8 Å². The second-order valence-corrected chi connectivity index (χ2v) is 6.33. The van der Waals surface area contributed by atoms with Gasteiger partial charge >= 0.3 is 6.09 Å². The van der Waals surface area contributed by atoms with Crippen molar-refractivity contribution < 1.29 is 9.53 Å². The molecule has 26 heavy (non-hydrogen) atoms. The molecular weight excluding hydrogens is 328 g/mol. The third kappa shape index (κ3) is 2.77. The molecule has 0 spiro atoms. The van der Waals surface area contributed by atoms with Crippen LogP contribution in [0, 0.1) is 0 Å². The molecule has 1 saturated heterocycles. The van der Waals surface area contributed by atoms with Crippen molar-refractivity contribution in [2.24, 2.45) is 0 Å². The molecule has 0 saturated carbocycles. The van der Waals surface area contributed by atoms with Gasteiger partial charge in [0.1, 0.15) is 6.61 Å². The second-order valence-electron chi connectivity index (χ2n) is 6.33. The lowest BCUT2D eigenvalue weighted by Crippen LogP contribution is -2.27. The Balaban J connectivity index is 1.65. The lowest BCUT2D eigenvalue weighted by Gasteiger charge is -2.24. The number of hydrogen-bond donors (Lipinski definition) is 1. The number of cyclic esters (lactones) is 1. The third-order valence-corrected chi connectivity index (χ3v) is 4.96. The number of carbonyl (C=O) groups is 1. The SMILES string of the molecule is CCN(CC)c1ccc([C@H]2COC(=O)N2c2ccc3[nH]cnc3c2)cc1. The van der Waals surface area contributed by atoms with Gasteiger partial charge in [-0.1, -0.05) is 12.1 Å². The monoisotopic (exact) mass is 350 g/mol. The highest BCUT2D eigenvalue weighted by atomic mass is 16.6. The molecule has 1 aliphatic heterocycles. The number of imidazole rings is 1. The van der Waals surface area contributed by atoms with Crippen LogP contribution in [0.25, 0.3) is 11.0 Å². The van der Waals surface area contributed by atoms with Gasteiger partial charge < -0.3 is 14.6 Å². The van der Waals surface area contributed by atoms with Crippen molar-refractivity contribution in [3.8, 4) is 0 Å². The molecule has 3 aromatic rings. The minimum Gasteiger partial charge on any atom is -0.447 e. The summed E-state index contributed by atoms with van der Waals surface area (Å²) in [7, 11) is 0. The molecule has 4 rings (SSSR count). The number of H-pyrrole nitrogens is 1. The molecule has 0 unspecified atom stereocenters. The number of ether oxygens (including phenoxy) is 1. The van der Waals surface area contributed by atoms with Crippen molar-refractivity contribution in [3.05, 3.63) is 54.4 Å². The van der Waals surface area contributed by atoms with Gasteiger partial charge in [-0.25, -0.2) is 9.78 Å². The number of nitrogens with one attached hydrogen (secondary N) is 1. The van der Waals surface area contributed by atoms with Crippen LogP contribution in [0.4, 0.5) is 16.2 Å². The van der Waals surface area contributed by atoms with Crippen molar-refractivity contribution >= 4 is 28.5 Å². The summed E-state index contributed by atoms with van der Waals surface area (Å²) in [6, 6.07) is 14.0. The Morgan fingerprint density at radius 3 is 2.69 bits per heavy atom. The quantitative estimate of drug-likeness (QED) is 0.752. The summed E-state index contributed by atoms with van der Waals surface area (Å²) >= 11 is 0. The van der Waals surface area contributed by atoms with E-state index in [1.807, 2.05) is 18.2 Å². The predicted molar refractivity (Wildman–Crippen MR) is 103 cm³/mol. The average Bonchev–Trinajstić information content (AvgIpc) is 3.29. The molecule has 1 amide bonds. The van der Waals surface area contributed by atoms with Crippen LogP contribution in [0.2, 0.25) is 0 Å². The van der Waals surface area contributed by atoms with E-state index in [0.29, 0.717) is 6.61 Å². The number of hydrogen-bond acceptors (Lipinski definition) is 4. The van der Waals surface area contributed by atoms with Crippen molar-refractivity contribution in [3.63, 3.8) is 0 Å². The lowest BCUT2D eigenvalue weighted by atomic mass is 10.1. The summed E-state index contributed by atoms with van der Waals surface area (Å²) < 4.78 is 5.35. The molecule has 0 bridgehead atoms. The number of anilines is 2. The van der Waals surface area contributed by atoms with Gasteiger partial charge in [-0.05, 0) is 49.7 Å². The Morgan fingerprint density at radius 1 is 1.19 bits per heavy atom. The Bertz CT molecular complexity index is 915. The molecule has 1 aromatic heterocycles. The highest BCUT2D eigenvalue weighted by molar-refractivity contribution is 5.93. The normalized spacial score (nSPS) is 16.9. The fourth-order valence-corrected chi connectivity index (χ4v) is 3.52. The highest BCUT2D eigenvalue weighted by Crippen LogP contribution is 2.34. The Hall–Kier alpha value is -3.02. The first-order valence-electron chi connectivity index (χ1n) is 8.95. The number of benzene rings is 2. The molecule has 2 heterocycles. The van der Waals surface area contributed by atoms with E-state index in [0.717, 1.165) is 35.4 Å². The van der Waals surface area contributed by atoms with Crippen LogP contribution >= 0.6 is 0 Å². The molecule has 1 fully saturated rings. The molecule has 1 aliphatic rings. The third-order valence-electron chi connectivity index (χ3n) is 4.96. The van der Waals surface area contributed by atoms with Gasteiger partial charge in [-0.15, -0.1) is 0 Å². The summed E-state index contributed by atoms with van der Waals surface area (Å²) in [4.78, 5) is 23.7. The van der Waals surface area contributed by atoms with Crippen LogP contribution < -0.4 is 9.80 Å². The molecule has 1 N–H and O–H groups in total. The van der Waals surface area contributed by atoms with E-state index < -0.39 is 0 Å². The fraction of sp³-hybridized carbons (Fsp3) is 0.300. The van der Waals surface area contributed by atoms with Crippen molar-refractivity contribution in [1.82, 2.24) is 9.97 Å². The van der Waals surface area contributed by atoms with E-state index in [2.05, 4.69) is 53.0 Å². The first kappa shape index (κ1) is 16.4. The predicted octanol–water partition coefficient (Wildman–Crippen LogP) is 4.11. The van der Waals surface area contributed by atoms with Crippen LogP contribution in [0.3, 0.4) is 0 Å². The van der Waals surface area contributed by atoms with E-state index in [4.69, 9.17) is 4.74 Å². The summed E-state index contributed by atoms with van der Waals surface area (Å²) in [6.45, 7) is 6.58. The van der Waals surface area contributed by atoms with Gasteiger partial charge in [0.2, 0.25) is 0 Å². The largest absolute Gasteiger partial charge is 0.447 e. The number of rotatable bonds is 5. The molecule has 2 aromatic carbocycles. The Morgan fingerprint density at radius 2 is 1.96 bits per heavy atom. The van der Waals surface area contributed by atoms with Crippen molar-refractivity contribution in [2.75, 3.05) is 29.5 Å². The lowest BCUT2D eigenvalue weighted by molar-refractivity contribution is 0.179. The van der Waals surface area contributed by atoms with Gasteiger partial charge in [0.05, 0.1) is 29.1 Å². The topological polar surface area (TPSA) is 61.5 Å². The summed E-state index contributed by atoms with van der Waals surface area (Å²) in [6.07, 6.45) is 1.33. The molecule has 6 nitrogen and oxygen atoms in total. The fourth-order valence-electron chi connectivity index (χ4n) is 3.52. The minimum atomic E-state index is -0.322. The number of fused-ring (bicyclic) bond motifs is 1. The number of amides is 1. The first-order chi connectivity index (χ1) is 12.7. The van der Waals surface area contributed by atoms with Crippen LogP contribution in [0.5, 0.6) is 0 Å². The molecule has 6 heteroatoms. The van der Waals surface area contributed by atoms with Gasteiger partial charge in [-0.3, -0.25) is 4.90 Å². The second kappa shape index (κ2) is 6.71. The van der Waals surface area contributed by atoms with Crippen molar-refractivity contribution in [1.29, 1.82) is 0 Å². The van der Waals surface area contributed by atoms with Crippen LogP contribution in [0.1, 0.15) is 25.5 Å². The highest BCUT2D eigenvalue weighted by Gasteiger charge is 2.35. The maximum Gasteiger partial charge on any atom is 0.415 e. The summed E-state index contributed by atoms with van der Waals surface area (Å²) in [5.41, 5.74) is 4.83. The summed E-state index contributed by atoms with van der Waals surface area (Å²) in [5.74, 6) is 0. The molecule has 0 aliphatic carbocycles. The van der Waals surface area contributed by atoms with Gasteiger partial charge in [0, 0.05) is 18.8 Å². The van der Waals surface area contributed by atoms with E-state index in [-0.39, 0.29) is 12.1 Å². The Kier molecular flexibility index (Phi) is 4.24. The number of aromatic nitrogens is 2. The molecule has 134 valence electrons. The van der Waals surface area contributed by atoms with Crippen LogP contribution in [-0.2, 0) is 4.74 Å². The van der Waals surface area contributed by atoms with Gasteiger partial charge in [0.25, 0.3) is 0 Å². The number of nitrogens with zero attached hydrogens (tertiary/aromatic N) is 3. The standard InChI is InChI=1S/C20H22N4O2/c1-3-23(4-2)15-7-5-14(6-8-15)19-12-26-20(25)24(19)16-9-10-17-18(11-16)22-13-21-17/h5-11,13,19H,3-4,12H2,1-2H3,(H,21,22)/t19-/m1/s1. The zero-order valence-electron chi connectivity index (χ0n) is 15.0. The maximum atomic E-state index is 12.4. The number of aromatic amines is 1. The summed E-state index contributed by atoms with van der Waals surface area (Å²) in [5, 5.41) is 0. The maximum absolute atomic E-state index is 12.4. The Labute approximate surface area is 152 Å².